The van der Waals surface area contributed by atoms with Crippen LogP contribution in [0.15, 0.2) is 90.1 Å². The van der Waals surface area contributed by atoms with Gasteiger partial charge in [0.2, 0.25) is 11.8 Å². The quantitative estimate of drug-likeness (QED) is 0.347. The molecule has 0 spiro atoms. The van der Waals surface area contributed by atoms with Crippen molar-refractivity contribution in [2.45, 2.75) is 24.7 Å². The lowest BCUT2D eigenvalue weighted by molar-refractivity contribution is -0.127. The third-order valence-corrected chi connectivity index (χ3v) is 6.10. The molecule has 0 aliphatic rings. The van der Waals surface area contributed by atoms with Gasteiger partial charge in [-0.2, -0.15) is 0 Å². The summed E-state index contributed by atoms with van der Waals surface area (Å²) >= 11 is 1.16. The van der Waals surface area contributed by atoms with Gasteiger partial charge in [0.15, 0.2) is 11.0 Å². The van der Waals surface area contributed by atoms with Crippen LogP contribution >= 0.6 is 11.8 Å². The van der Waals surface area contributed by atoms with Gasteiger partial charge in [-0.25, -0.2) is 4.39 Å². The van der Waals surface area contributed by atoms with E-state index in [9.17, 15) is 14.0 Å². The van der Waals surface area contributed by atoms with Gasteiger partial charge in [-0.3, -0.25) is 14.2 Å². The molecule has 9 heteroatoms. The second-order valence-electron chi connectivity index (χ2n) is 7.74. The number of para-hydroxylation sites is 1. The van der Waals surface area contributed by atoms with Crippen molar-refractivity contribution < 1.29 is 14.0 Å². The predicted molar refractivity (Wildman–Crippen MR) is 133 cm³/mol. The maximum absolute atomic E-state index is 14.5. The Morgan fingerprint density at radius 3 is 2.31 bits per heavy atom. The average Bonchev–Trinajstić information content (AvgIpc) is 3.31. The predicted octanol–water partition coefficient (Wildman–Crippen LogP) is 3.99. The van der Waals surface area contributed by atoms with E-state index in [1.807, 2.05) is 60.7 Å². The Kier molecular flexibility index (Phi) is 7.89. The Hall–Kier alpha value is -3.98. The summed E-state index contributed by atoms with van der Waals surface area (Å²) in [5, 5.41) is 14.4. The molecule has 0 aliphatic carbocycles. The summed E-state index contributed by atoms with van der Waals surface area (Å²) in [5.74, 6) is -0.667. The molecule has 0 saturated carbocycles. The number of hydrogen-bond donors (Lipinski definition) is 2. The van der Waals surface area contributed by atoms with E-state index in [0.29, 0.717) is 23.1 Å². The molecule has 0 saturated heterocycles. The molecule has 1 atom stereocenters. The monoisotopic (exact) mass is 489 g/mol. The molecule has 1 aromatic heterocycles. The van der Waals surface area contributed by atoms with Gasteiger partial charge >= 0.3 is 0 Å². The molecular formula is C26H24FN5O2S. The highest BCUT2D eigenvalue weighted by Gasteiger charge is 2.20. The van der Waals surface area contributed by atoms with Gasteiger partial charge in [-0.05, 0) is 36.8 Å². The van der Waals surface area contributed by atoms with E-state index in [-0.39, 0.29) is 17.6 Å². The summed E-state index contributed by atoms with van der Waals surface area (Å²) in [6, 6.07) is 24.5. The zero-order valence-corrected chi connectivity index (χ0v) is 19.8. The Balaban J connectivity index is 1.42. The number of rotatable bonds is 9. The topological polar surface area (TPSA) is 88.9 Å². The van der Waals surface area contributed by atoms with Crippen LogP contribution in [0.5, 0.6) is 0 Å². The molecular weight excluding hydrogens is 465 g/mol. The van der Waals surface area contributed by atoms with E-state index in [4.69, 9.17) is 0 Å². The maximum atomic E-state index is 14.5. The number of aromatic nitrogens is 3. The normalized spacial score (nSPS) is 11.6. The first kappa shape index (κ1) is 24.2. The average molecular weight is 490 g/mol. The van der Waals surface area contributed by atoms with Crippen LogP contribution in [0.2, 0.25) is 0 Å². The highest BCUT2D eigenvalue weighted by Crippen LogP contribution is 2.29. The molecule has 2 N–H and O–H groups in total. The fourth-order valence-corrected chi connectivity index (χ4v) is 4.17. The molecule has 0 radical (unpaired) electrons. The Bertz CT molecular complexity index is 1300. The van der Waals surface area contributed by atoms with E-state index in [2.05, 4.69) is 20.8 Å². The van der Waals surface area contributed by atoms with Crippen molar-refractivity contribution in [3.63, 3.8) is 0 Å². The summed E-state index contributed by atoms with van der Waals surface area (Å²) in [6.45, 7) is 2.01. The third kappa shape index (κ3) is 6.13. The smallest absolute Gasteiger partial charge is 0.242 e. The van der Waals surface area contributed by atoms with Gasteiger partial charge in [0.1, 0.15) is 11.9 Å². The molecule has 35 heavy (non-hydrogen) atoms. The van der Waals surface area contributed by atoms with Crippen molar-refractivity contribution in [2.75, 3.05) is 5.75 Å². The van der Waals surface area contributed by atoms with E-state index >= 15 is 0 Å². The first-order chi connectivity index (χ1) is 17.0. The third-order valence-electron chi connectivity index (χ3n) is 5.18. The van der Waals surface area contributed by atoms with Gasteiger partial charge in [-0.1, -0.05) is 72.4 Å². The largest absolute Gasteiger partial charge is 0.350 e. The Morgan fingerprint density at radius 1 is 0.943 bits per heavy atom. The van der Waals surface area contributed by atoms with E-state index in [1.165, 1.54) is 6.07 Å². The van der Waals surface area contributed by atoms with Crippen molar-refractivity contribution in [1.82, 2.24) is 25.4 Å². The number of halogens is 1. The number of benzene rings is 3. The van der Waals surface area contributed by atoms with Crippen molar-refractivity contribution in [3.8, 4) is 17.1 Å². The molecule has 178 valence electrons. The maximum Gasteiger partial charge on any atom is 0.242 e. The van der Waals surface area contributed by atoms with Gasteiger partial charge in [0, 0.05) is 12.2 Å². The van der Waals surface area contributed by atoms with Crippen molar-refractivity contribution in [3.05, 3.63) is 96.3 Å². The van der Waals surface area contributed by atoms with Crippen LogP contribution < -0.4 is 10.6 Å². The summed E-state index contributed by atoms with van der Waals surface area (Å²) in [7, 11) is 0. The van der Waals surface area contributed by atoms with E-state index in [0.717, 1.165) is 23.0 Å². The molecule has 3 aromatic carbocycles. The molecule has 1 heterocycles. The summed E-state index contributed by atoms with van der Waals surface area (Å²) < 4.78 is 16.2. The van der Waals surface area contributed by atoms with Crippen molar-refractivity contribution in [1.29, 1.82) is 0 Å². The van der Waals surface area contributed by atoms with Crippen LogP contribution in [0.4, 0.5) is 4.39 Å². The van der Waals surface area contributed by atoms with Gasteiger partial charge in [0.05, 0.1) is 11.3 Å². The van der Waals surface area contributed by atoms with Crippen LogP contribution in [-0.2, 0) is 16.1 Å². The molecule has 0 fully saturated rings. The van der Waals surface area contributed by atoms with E-state index < -0.39 is 11.9 Å². The summed E-state index contributed by atoms with van der Waals surface area (Å²) in [4.78, 5) is 24.9. The second kappa shape index (κ2) is 11.4. The van der Waals surface area contributed by atoms with Crippen LogP contribution in [0, 0.1) is 5.82 Å². The molecule has 4 aromatic rings. The number of amides is 2. The first-order valence-corrected chi connectivity index (χ1v) is 12.0. The van der Waals surface area contributed by atoms with Gasteiger partial charge < -0.3 is 10.6 Å². The fraction of sp³-hybridized carbons (Fsp3) is 0.154. The minimum atomic E-state index is -0.701. The van der Waals surface area contributed by atoms with Crippen LogP contribution in [0.25, 0.3) is 17.1 Å². The van der Waals surface area contributed by atoms with E-state index in [1.54, 1.807) is 29.7 Å². The summed E-state index contributed by atoms with van der Waals surface area (Å²) in [6.07, 6.45) is 0. The molecule has 2 amide bonds. The zero-order chi connectivity index (χ0) is 24.6. The summed E-state index contributed by atoms with van der Waals surface area (Å²) in [5.41, 5.74) is 2.03. The minimum Gasteiger partial charge on any atom is -0.350 e. The highest BCUT2D eigenvalue weighted by atomic mass is 32.2. The SMILES string of the molecule is CC(NC(=O)CSc1nnc(-c2ccccc2F)n1-c1ccccc1)C(=O)NCc1ccccc1. The fourth-order valence-electron chi connectivity index (χ4n) is 3.41. The molecule has 7 nitrogen and oxygen atoms in total. The highest BCUT2D eigenvalue weighted by molar-refractivity contribution is 7.99. The number of carbonyl (C=O) groups is 2. The van der Waals surface area contributed by atoms with Gasteiger partial charge in [-0.15, -0.1) is 10.2 Å². The molecule has 0 bridgehead atoms. The van der Waals surface area contributed by atoms with Crippen molar-refractivity contribution >= 4 is 23.6 Å². The van der Waals surface area contributed by atoms with Crippen LogP contribution in [-0.4, -0.2) is 38.4 Å². The molecule has 1 unspecified atom stereocenters. The second-order valence-corrected chi connectivity index (χ2v) is 8.68. The lowest BCUT2D eigenvalue weighted by Crippen LogP contribution is -2.45. The van der Waals surface area contributed by atoms with Crippen LogP contribution in [0.3, 0.4) is 0 Å². The Morgan fingerprint density at radius 2 is 1.60 bits per heavy atom. The minimum absolute atomic E-state index is 0.0124. The Labute approximate surface area is 206 Å². The first-order valence-electron chi connectivity index (χ1n) is 11.0. The zero-order valence-electron chi connectivity index (χ0n) is 19.0. The lowest BCUT2D eigenvalue weighted by Gasteiger charge is -2.14. The van der Waals surface area contributed by atoms with Crippen LogP contribution in [0.1, 0.15) is 12.5 Å². The standard InChI is InChI=1S/C26H24FN5O2S/c1-18(25(34)28-16-19-10-4-2-5-11-19)29-23(33)17-35-26-31-30-24(21-14-8-9-15-22(21)27)32(26)20-12-6-3-7-13-20/h2-15,18H,16-17H2,1H3,(H,28,34)(H,29,33). The molecule has 4 rings (SSSR count). The lowest BCUT2D eigenvalue weighted by atomic mass is 10.2. The number of nitrogens with zero attached hydrogens (tertiary/aromatic N) is 3. The van der Waals surface area contributed by atoms with Gasteiger partial charge in [0.25, 0.3) is 0 Å². The number of nitrogens with one attached hydrogen (secondary N) is 2. The molecule has 0 aliphatic heterocycles. The van der Waals surface area contributed by atoms with Crippen molar-refractivity contribution in [2.24, 2.45) is 0 Å². The number of carbonyl (C=O) groups excluding carboxylic acids is 2. The number of hydrogen-bond acceptors (Lipinski definition) is 5. The number of thioether (sulfide) groups is 1.